The summed E-state index contributed by atoms with van der Waals surface area (Å²) >= 11 is 0. The van der Waals surface area contributed by atoms with E-state index in [1.807, 2.05) is 0 Å². The largest absolute Gasteiger partial charge is 0.357 e. The zero-order chi connectivity index (χ0) is 14.2. The number of likely N-dealkylation sites (N-methyl/N-ethyl adjacent to an activating group) is 1. The maximum atomic E-state index is 4.67. The second-order valence-corrected chi connectivity index (χ2v) is 6.03. The molecule has 2 aliphatic rings. The summed E-state index contributed by atoms with van der Waals surface area (Å²) in [5, 5.41) is 6.79. The molecule has 1 saturated carbocycles. The predicted octanol–water partition coefficient (Wildman–Crippen LogP) is 0.732. The molecule has 5 heteroatoms. The van der Waals surface area contributed by atoms with Gasteiger partial charge in [-0.05, 0) is 59.3 Å². The van der Waals surface area contributed by atoms with E-state index in [2.05, 4.69) is 39.4 Å². The lowest BCUT2D eigenvalue weighted by Crippen LogP contribution is -2.38. The molecule has 0 aromatic rings. The summed E-state index contributed by atoms with van der Waals surface area (Å²) < 4.78 is 0. The molecule has 0 amide bonds. The number of hydrogen-bond donors (Lipinski definition) is 2. The third-order valence-corrected chi connectivity index (χ3v) is 3.98. The van der Waals surface area contributed by atoms with Crippen molar-refractivity contribution in [2.24, 2.45) is 4.99 Å². The van der Waals surface area contributed by atoms with E-state index < -0.39 is 0 Å². The first-order chi connectivity index (χ1) is 9.78. The zero-order valence-electron chi connectivity index (χ0n) is 13.2. The minimum atomic E-state index is 0.675. The number of nitrogens with zero attached hydrogens (tertiary/aromatic N) is 3. The lowest BCUT2D eigenvalue weighted by Gasteiger charge is -2.19. The van der Waals surface area contributed by atoms with Gasteiger partial charge in [0.2, 0.25) is 0 Å². The maximum absolute atomic E-state index is 4.67. The van der Waals surface area contributed by atoms with Crippen molar-refractivity contribution in [1.82, 2.24) is 20.4 Å². The summed E-state index contributed by atoms with van der Waals surface area (Å²) in [5.41, 5.74) is 0. The van der Waals surface area contributed by atoms with E-state index in [1.165, 1.54) is 52.0 Å². The van der Waals surface area contributed by atoms with Crippen molar-refractivity contribution < 1.29 is 0 Å². The Kier molecular flexibility index (Phi) is 6.60. The van der Waals surface area contributed by atoms with Crippen LogP contribution < -0.4 is 10.6 Å². The average Bonchev–Trinajstić information content (AvgIpc) is 3.24. The van der Waals surface area contributed by atoms with Gasteiger partial charge in [0.1, 0.15) is 0 Å². The van der Waals surface area contributed by atoms with Crippen LogP contribution in [0.15, 0.2) is 4.99 Å². The molecule has 1 heterocycles. The van der Waals surface area contributed by atoms with Gasteiger partial charge in [-0.3, -0.25) is 4.99 Å². The monoisotopic (exact) mass is 281 g/mol. The summed E-state index contributed by atoms with van der Waals surface area (Å²) in [5.74, 6) is 1.01. The van der Waals surface area contributed by atoms with Gasteiger partial charge < -0.3 is 20.4 Å². The van der Waals surface area contributed by atoms with Gasteiger partial charge in [0.25, 0.3) is 0 Å². The fourth-order valence-corrected chi connectivity index (χ4v) is 2.55. The fraction of sp³-hybridized carbons (Fsp3) is 0.933. The lowest BCUT2D eigenvalue weighted by atomic mass is 10.3. The molecule has 20 heavy (non-hydrogen) atoms. The van der Waals surface area contributed by atoms with Crippen LogP contribution in [0.25, 0.3) is 0 Å². The van der Waals surface area contributed by atoms with Crippen molar-refractivity contribution >= 4 is 5.96 Å². The molecule has 1 saturated heterocycles. The first-order valence-electron chi connectivity index (χ1n) is 8.23. The fourth-order valence-electron chi connectivity index (χ4n) is 2.55. The Morgan fingerprint density at radius 2 is 2.05 bits per heavy atom. The minimum absolute atomic E-state index is 0.675. The van der Waals surface area contributed by atoms with Gasteiger partial charge in [0.05, 0.1) is 0 Å². The number of hydrogen-bond acceptors (Lipinski definition) is 3. The van der Waals surface area contributed by atoms with E-state index in [9.17, 15) is 0 Å². The van der Waals surface area contributed by atoms with Crippen molar-refractivity contribution in [3.63, 3.8) is 0 Å². The number of guanidine groups is 1. The molecule has 1 aliphatic heterocycles. The van der Waals surface area contributed by atoms with Gasteiger partial charge in [-0.25, -0.2) is 0 Å². The third kappa shape index (κ3) is 6.09. The van der Waals surface area contributed by atoms with Crippen LogP contribution in [0.4, 0.5) is 0 Å². The van der Waals surface area contributed by atoms with Gasteiger partial charge in [-0.15, -0.1) is 0 Å². The number of aliphatic imine (C=N–C) groups is 1. The van der Waals surface area contributed by atoms with E-state index in [4.69, 9.17) is 0 Å². The van der Waals surface area contributed by atoms with E-state index in [1.54, 1.807) is 0 Å². The molecular formula is C15H31N5. The molecule has 2 N–H and O–H groups in total. The molecule has 5 nitrogen and oxygen atoms in total. The highest BCUT2D eigenvalue weighted by molar-refractivity contribution is 5.80. The first-order valence-corrected chi connectivity index (χ1v) is 8.23. The van der Waals surface area contributed by atoms with E-state index in [0.717, 1.165) is 25.5 Å². The summed E-state index contributed by atoms with van der Waals surface area (Å²) in [6.45, 7) is 10.1. The first kappa shape index (κ1) is 15.6. The number of nitrogens with one attached hydrogen (secondary N) is 2. The Labute approximate surface area is 123 Å². The Morgan fingerprint density at radius 3 is 2.80 bits per heavy atom. The van der Waals surface area contributed by atoms with E-state index >= 15 is 0 Å². The van der Waals surface area contributed by atoms with Crippen LogP contribution in [0.3, 0.4) is 0 Å². The van der Waals surface area contributed by atoms with Crippen molar-refractivity contribution in [1.29, 1.82) is 0 Å². The Balaban J connectivity index is 1.62. The smallest absolute Gasteiger partial charge is 0.191 e. The Morgan fingerprint density at radius 1 is 1.20 bits per heavy atom. The van der Waals surface area contributed by atoms with Gasteiger partial charge in [0, 0.05) is 32.2 Å². The summed E-state index contributed by atoms with van der Waals surface area (Å²) in [4.78, 5) is 9.69. The SMILES string of the molecule is CCNC(=NCCCN1CCCN(C)CC1)NC1CC1. The van der Waals surface area contributed by atoms with Gasteiger partial charge >= 0.3 is 0 Å². The molecule has 0 radical (unpaired) electrons. The molecule has 0 spiro atoms. The van der Waals surface area contributed by atoms with Crippen molar-refractivity contribution in [3.05, 3.63) is 0 Å². The maximum Gasteiger partial charge on any atom is 0.191 e. The highest BCUT2D eigenvalue weighted by Crippen LogP contribution is 2.18. The second-order valence-electron chi connectivity index (χ2n) is 6.03. The van der Waals surface area contributed by atoms with Crippen LogP contribution in [0.1, 0.15) is 32.6 Å². The van der Waals surface area contributed by atoms with Gasteiger partial charge in [0.15, 0.2) is 5.96 Å². The quantitative estimate of drug-likeness (QED) is 0.428. The number of rotatable bonds is 6. The highest BCUT2D eigenvalue weighted by Gasteiger charge is 2.22. The molecule has 2 rings (SSSR count). The average molecular weight is 281 g/mol. The summed E-state index contributed by atoms with van der Waals surface area (Å²) in [7, 11) is 2.22. The molecule has 2 fully saturated rings. The van der Waals surface area contributed by atoms with Crippen molar-refractivity contribution in [2.45, 2.75) is 38.6 Å². The molecule has 0 aromatic carbocycles. The second kappa shape index (κ2) is 8.47. The Hall–Kier alpha value is -0.810. The molecule has 1 aliphatic carbocycles. The summed E-state index contributed by atoms with van der Waals surface area (Å²) in [6, 6.07) is 0.675. The minimum Gasteiger partial charge on any atom is -0.357 e. The molecule has 0 unspecified atom stereocenters. The molecule has 0 bridgehead atoms. The topological polar surface area (TPSA) is 42.9 Å². The highest BCUT2D eigenvalue weighted by atomic mass is 15.2. The van der Waals surface area contributed by atoms with Crippen molar-refractivity contribution in [3.8, 4) is 0 Å². The predicted molar refractivity (Wildman–Crippen MR) is 85.3 cm³/mol. The Bertz CT molecular complexity index is 301. The summed E-state index contributed by atoms with van der Waals surface area (Å²) in [6.07, 6.45) is 5.05. The molecule has 116 valence electrons. The standard InChI is InChI=1S/C15H31N5/c1-3-16-15(18-14-6-7-14)17-8-4-10-20-11-5-9-19(2)12-13-20/h14H,3-13H2,1-2H3,(H2,16,17,18). The normalized spacial score (nSPS) is 22.6. The van der Waals surface area contributed by atoms with Crippen LogP contribution in [0.5, 0.6) is 0 Å². The molecule has 0 aromatic heterocycles. The van der Waals surface area contributed by atoms with Crippen LogP contribution in [-0.2, 0) is 0 Å². The van der Waals surface area contributed by atoms with Crippen LogP contribution >= 0.6 is 0 Å². The van der Waals surface area contributed by atoms with Crippen molar-refractivity contribution in [2.75, 3.05) is 52.9 Å². The van der Waals surface area contributed by atoms with E-state index in [0.29, 0.717) is 6.04 Å². The van der Waals surface area contributed by atoms with Crippen LogP contribution in [-0.4, -0.2) is 74.7 Å². The third-order valence-electron chi connectivity index (χ3n) is 3.98. The molecule has 0 atom stereocenters. The van der Waals surface area contributed by atoms with Crippen LogP contribution in [0, 0.1) is 0 Å². The van der Waals surface area contributed by atoms with E-state index in [-0.39, 0.29) is 0 Å². The van der Waals surface area contributed by atoms with Gasteiger partial charge in [-0.1, -0.05) is 0 Å². The van der Waals surface area contributed by atoms with Crippen LogP contribution in [0.2, 0.25) is 0 Å². The van der Waals surface area contributed by atoms with Gasteiger partial charge in [-0.2, -0.15) is 0 Å². The zero-order valence-corrected chi connectivity index (χ0v) is 13.2. The molecular weight excluding hydrogens is 250 g/mol. The lowest BCUT2D eigenvalue weighted by molar-refractivity contribution is 0.275.